The molecule has 0 radical (unpaired) electrons. The van der Waals surface area contributed by atoms with Crippen LogP contribution in [0.25, 0.3) is 16.7 Å². The summed E-state index contributed by atoms with van der Waals surface area (Å²) in [5.41, 5.74) is 4.37. The average Bonchev–Trinajstić information content (AvgIpc) is 3.40. The standard InChI is InChI=1S/C32H28F3N3O4/c1-21-16-23(8-13-27(21)31(39)40-2)38-20-37-30-28(36-15-14-32(33,34)35)17-26(18-29(30)38)42-25-11-9-24(10-12-25)41-19-22-6-4-3-5-7-22/h3-13,16-18,20,36H,14-15,19H2,1-2H3. The van der Waals surface area contributed by atoms with Crippen molar-refractivity contribution in [2.24, 2.45) is 0 Å². The molecule has 216 valence electrons. The predicted octanol–water partition coefficient (Wildman–Crippen LogP) is 7.86. The highest BCUT2D eigenvalue weighted by atomic mass is 19.4. The van der Waals surface area contributed by atoms with E-state index in [1.54, 1.807) is 66.3 Å². The largest absolute Gasteiger partial charge is 0.489 e. The van der Waals surface area contributed by atoms with Crippen LogP contribution in [0.3, 0.4) is 0 Å². The van der Waals surface area contributed by atoms with Crippen LogP contribution in [0.1, 0.15) is 27.9 Å². The van der Waals surface area contributed by atoms with Gasteiger partial charge in [0.25, 0.3) is 0 Å². The van der Waals surface area contributed by atoms with Gasteiger partial charge in [0.05, 0.1) is 30.3 Å². The zero-order chi connectivity index (χ0) is 29.7. The van der Waals surface area contributed by atoms with E-state index in [4.69, 9.17) is 14.2 Å². The van der Waals surface area contributed by atoms with Gasteiger partial charge in [0.1, 0.15) is 35.7 Å². The third-order valence-corrected chi connectivity index (χ3v) is 6.55. The van der Waals surface area contributed by atoms with Crippen molar-refractivity contribution in [3.63, 3.8) is 0 Å². The van der Waals surface area contributed by atoms with Crippen molar-refractivity contribution in [1.82, 2.24) is 9.55 Å². The number of aromatic nitrogens is 2. The Bertz CT molecular complexity index is 1680. The zero-order valence-corrected chi connectivity index (χ0v) is 22.9. The molecule has 0 bridgehead atoms. The van der Waals surface area contributed by atoms with Crippen LogP contribution in [0.2, 0.25) is 0 Å². The van der Waals surface area contributed by atoms with E-state index in [1.807, 2.05) is 36.4 Å². The summed E-state index contributed by atoms with van der Waals surface area (Å²) in [6, 6.07) is 25.5. The van der Waals surface area contributed by atoms with Crippen LogP contribution in [0.4, 0.5) is 18.9 Å². The predicted molar refractivity (Wildman–Crippen MR) is 154 cm³/mol. The van der Waals surface area contributed by atoms with Crippen LogP contribution in [-0.2, 0) is 11.3 Å². The Labute approximate surface area is 240 Å². The first-order valence-electron chi connectivity index (χ1n) is 13.2. The van der Waals surface area contributed by atoms with E-state index >= 15 is 0 Å². The molecule has 7 nitrogen and oxygen atoms in total. The minimum Gasteiger partial charge on any atom is -0.489 e. The zero-order valence-electron chi connectivity index (χ0n) is 22.9. The molecule has 0 aliphatic carbocycles. The van der Waals surface area contributed by atoms with E-state index in [9.17, 15) is 18.0 Å². The Kier molecular flexibility index (Phi) is 8.33. The van der Waals surface area contributed by atoms with Crippen LogP contribution in [0.5, 0.6) is 17.2 Å². The molecule has 4 aromatic carbocycles. The Balaban J connectivity index is 1.43. The molecule has 0 saturated carbocycles. The number of aryl methyl sites for hydroxylation is 1. The van der Waals surface area contributed by atoms with Crippen LogP contribution >= 0.6 is 0 Å². The Morgan fingerprint density at radius 3 is 2.36 bits per heavy atom. The molecule has 0 amide bonds. The van der Waals surface area contributed by atoms with Gasteiger partial charge in [-0.05, 0) is 60.5 Å². The molecule has 1 heterocycles. The van der Waals surface area contributed by atoms with Gasteiger partial charge in [-0.25, -0.2) is 9.78 Å². The molecule has 0 unspecified atom stereocenters. The van der Waals surface area contributed by atoms with Gasteiger partial charge < -0.3 is 19.5 Å². The van der Waals surface area contributed by atoms with Gasteiger partial charge in [-0.1, -0.05) is 30.3 Å². The molecule has 0 saturated heterocycles. The lowest BCUT2D eigenvalue weighted by molar-refractivity contribution is -0.131. The fourth-order valence-electron chi connectivity index (χ4n) is 4.45. The molecule has 0 fully saturated rings. The van der Waals surface area contributed by atoms with Gasteiger partial charge in [-0.2, -0.15) is 13.2 Å². The second-order valence-corrected chi connectivity index (χ2v) is 9.58. The third kappa shape index (κ3) is 6.83. The summed E-state index contributed by atoms with van der Waals surface area (Å²) in [5.74, 6) is 1.14. The monoisotopic (exact) mass is 575 g/mol. The number of anilines is 1. The summed E-state index contributed by atoms with van der Waals surface area (Å²) in [6.07, 6.45) is -3.73. The van der Waals surface area contributed by atoms with Crippen molar-refractivity contribution in [2.75, 3.05) is 19.0 Å². The summed E-state index contributed by atoms with van der Waals surface area (Å²) < 4.78 is 57.2. The van der Waals surface area contributed by atoms with Crippen LogP contribution in [0.15, 0.2) is 91.3 Å². The lowest BCUT2D eigenvalue weighted by Gasteiger charge is -2.14. The second-order valence-electron chi connectivity index (χ2n) is 9.58. The quantitative estimate of drug-likeness (QED) is 0.171. The van der Waals surface area contributed by atoms with Crippen LogP contribution in [0, 0.1) is 6.92 Å². The van der Waals surface area contributed by atoms with E-state index in [-0.39, 0.29) is 6.54 Å². The van der Waals surface area contributed by atoms with Gasteiger partial charge in [0.15, 0.2) is 0 Å². The summed E-state index contributed by atoms with van der Waals surface area (Å²) in [6.45, 7) is 1.89. The van der Waals surface area contributed by atoms with E-state index in [0.717, 1.165) is 5.56 Å². The number of hydrogen-bond acceptors (Lipinski definition) is 6. The van der Waals surface area contributed by atoms with Gasteiger partial charge in [0, 0.05) is 24.4 Å². The van der Waals surface area contributed by atoms with Crippen molar-refractivity contribution in [1.29, 1.82) is 0 Å². The highest BCUT2D eigenvalue weighted by molar-refractivity contribution is 5.93. The van der Waals surface area contributed by atoms with Crippen molar-refractivity contribution >= 4 is 22.7 Å². The van der Waals surface area contributed by atoms with E-state index in [0.29, 0.717) is 57.4 Å². The first-order valence-corrected chi connectivity index (χ1v) is 13.2. The lowest BCUT2D eigenvalue weighted by Crippen LogP contribution is -2.14. The first kappa shape index (κ1) is 28.5. The topological polar surface area (TPSA) is 74.6 Å². The lowest BCUT2D eigenvalue weighted by atomic mass is 10.1. The smallest absolute Gasteiger partial charge is 0.390 e. The third-order valence-electron chi connectivity index (χ3n) is 6.55. The number of nitrogens with zero attached hydrogens (tertiary/aromatic N) is 2. The van der Waals surface area contributed by atoms with Gasteiger partial charge in [-0.3, -0.25) is 4.57 Å². The summed E-state index contributed by atoms with van der Waals surface area (Å²) in [7, 11) is 1.32. The van der Waals surface area contributed by atoms with Gasteiger partial charge in [0.2, 0.25) is 0 Å². The Morgan fingerprint density at radius 1 is 0.929 bits per heavy atom. The molecule has 1 N–H and O–H groups in total. The summed E-state index contributed by atoms with van der Waals surface area (Å²) in [5, 5.41) is 2.86. The second kappa shape index (κ2) is 12.3. The molecule has 0 spiro atoms. The normalized spacial score (nSPS) is 11.4. The molecule has 0 aliphatic rings. The fourth-order valence-corrected chi connectivity index (χ4v) is 4.45. The number of esters is 1. The SMILES string of the molecule is COC(=O)c1ccc(-n2cnc3c(NCCC(F)(F)F)cc(Oc4ccc(OCc5ccccc5)cc4)cc32)cc1C. The van der Waals surface area contributed by atoms with Crippen molar-refractivity contribution < 1.29 is 32.2 Å². The van der Waals surface area contributed by atoms with Crippen molar-refractivity contribution in [3.05, 3.63) is 108 Å². The molecular weight excluding hydrogens is 547 g/mol. The Morgan fingerprint density at radius 2 is 1.67 bits per heavy atom. The number of benzene rings is 4. The Hall–Kier alpha value is -4.99. The summed E-state index contributed by atoms with van der Waals surface area (Å²) >= 11 is 0. The molecule has 0 aliphatic heterocycles. The van der Waals surface area contributed by atoms with E-state index < -0.39 is 18.6 Å². The number of halogens is 3. The number of imidazole rings is 1. The number of rotatable bonds is 10. The fraction of sp³-hybridized carbons (Fsp3) is 0.188. The molecule has 5 aromatic rings. The first-order chi connectivity index (χ1) is 20.2. The van der Waals surface area contributed by atoms with Gasteiger partial charge in [-0.15, -0.1) is 0 Å². The average molecular weight is 576 g/mol. The van der Waals surface area contributed by atoms with Crippen molar-refractivity contribution in [3.8, 4) is 22.9 Å². The molecule has 1 aromatic heterocycles. The molecule has 0 atom stereocenters. The number of ether oxygens (including phenoxy) is 3. The van der Waals surface area contributed by atoms with E-state index in [1.165, 1.54) is 7.11 Å². The maximum absolute atomic E-state index is 12.9. The maximum atomic E-state index is 12.9. The van der Waals surface area contributed by atoms with Crippen LogP contribution < -0.4 is 14.8 Å². The van der Waals surface area contributed by atoms with Crippen molar-refractivity contribution in [2.45, 2.75) is 26.1 Å². The number of hydrogen-bond donors (Lipinski definition) is 1. The minimum atomic E-state index is -4.30. The molecule has 42 heavy (non-hydrogen) atoms. The number of fused-ring (bicyclic) bond motifs is 1. The number of carbonyl (C=O) groups is 1. The summed E-state index contributed by atoms with van der Waals surface area (Å²) in [4.78, 5) is 16.5. The highest BCUT2D eigenvalue weighted by Crippen LogP contribution is 2.34. The number of methoxy groups -OCH3 is 1. The van der Waals surface area contributed by atoms with Crippen LogP contribution in [-0.4, -0.2) is 35.4 Å². The van der Waals surface area contributed by atoms with Gasteiger partial charge >= 0.3 is 12.1 Å². The number of carbonyl (C=O) groups excluding carboxylic acids is 1. The maximum Gasteiger partial charge on any atom is 0.390 e. The number of nitrogens with one attached hydrogen (secondary N) is 1. The number of alkyl halides is 3. The molecule has 5 rings (SSSR count). The molecule has 10 heteroatoms. The molecular formula is C32H28F3N3O4. The van der Waals surface area contributed by atoms with E-state index in [2.05, 4.69) is 10.3 Å². The minimum absolute atomic E-state index is 0.324. The highest BCUT2D eigenvalue weighted by Gasteiger charge is 2.26.